The van der Waals surface area contributed by atoms with Gasteiger partial charge in [0.1, 0.15) is 10.3 Å². The predicted octanol–water partition coefficient (Wildman–Crippen LogP) is 3.35. The molecule has 16 heavy (non-hydrogen) atoms. The van der Waals surface area contributed by atoms with E-state index in [4.69, 9.17) is 23.2 Å². The molecule has 0 aliphatic rings. The topological polar surface area (TPSA) is 47.0 Å². The molecule has 0 N–H and O–H groups in total. The number of hydrogen-bond acceptors (Lipinski definition) is 3. The summed E-state index contributed by atoms with van der Waals surface area (Å²) < 4.78 is 24.3. The predicted molar refractivity (Wildman–Crippen MR) is 65.8 cm³/mol. The summed E-state index contributed by atoms with van der Waals surface area (Å²) in [5, 5.41) is -0.212. The van der Waals surface area contributed by atoms with Crippen molar-refractivity contribution in [3.8, 4) is 0 Å². The molecule has 1 aromatic heterocycles. The molecular weight excluding hydrogens is 269 g/mol. The van der Waals surface area contributed by atoms with Gasteiger partial charge in [0.25, 0.3) is 0 Å². The highest BCUT2D eigenvalue weighted by Gasteiger charge is 2.25. The van der Waals surface area contributed by atoms with Gasteiger partial charge >= 0.3 is 0 Å². The second-order valence-corrected chi connectivity index (χ2v) is 6.43. The van der Waals surface area contributed by atoms with Crippen LogP contribution in [0.1, 0.15) is 26.7 Å². The number of pyridine rings is 1. The normalized spacial score (nSPS) is 12.1. The molecule has 90 valence electrons. The molecule has 0 aromatic carbocycles. The lowest BCUT2D eigenvalue weighted by Crippen LogP contribution is -2.19. The van der Waals surface area contributed by atoms with Gasteiger partial charge in [0.15, 0.2) is 9.84 Å². The second kappa shape index (κ2) is 5.34. The molecule has 0 fully saturated rings. The molecule has 1 aromatic rings. The van der Waals surface area contributed by atoms with E-state index >= 15 is 0 Å². The van der Waals surface area contributed by atoms with Crippen molar-refractivity contribution in [2.45, 2.75) is 36.8 Å². The minimum Gasteiger partial charge on any atom is -0.224 e. The first kappa shape index (κ1) is 13.7. The van der Waals surface area contributed by atoms with Crippen LogP contribution in [-0.2, 0) is 9.84 Å². The molecule has 0 aliphatic carbocycles. The maximum atomic E-state index is 12.2. The van der Waals surface area contributed by atoms with E-state index < -0.39 is 15.1 Å². The number of aromatic nitrogens is 1. The molecule has 0 saturated heterocycles. The van der Waals surface area contributed by atoms with Gasteiger partial charge in [0.2, 0.25) is 0 Å². The lowest BCUT2D eigenvalue weighted by molar-refractivity contribution is 0.571. The molecule has 1 rings (SSSR count). The first-order chi connectivity index (χ1) is 7.41. The third-order valence-corrected chi connectivity index (χ3v) is 5.24. The molecule has 1 heterocycles. The number of halogens is 2. The molecule has 0 spiro atoms. The Bertz CT molecular complexity index is 449. The summed E-state index contributed by atoms with van der Waals surface area (Å²) >= 11 is 11.4. The van der Waals surface area contributed by atoms with Gasteiger partial charge in [-0.15, -0.1) is 0 Å². The van der Waals surface area contributed by atoms with Crippen LogP contribution in [0.2, 0.25) is 10.3 Å². The van der Waals surface area contributed by atoms with Crippen LogP contribution in [0.15, 0.2) is 17.0 Å². The monoisotopic (exact) mass is 281 g/mol. The van der Waals surface area contributed by atoms with Crippen molar-refractivity contribution < 1.29 is 8.42 Å². The minimum atomic E-state index is -3.36. The van der Waals surface area contributed by atoms with Crippen LogP contribution in [-0.4, -0.2) is 18.7 Å². The number of sulfone groups is 1. The van der Waals surface area contributed by atoms with E-state index in [-0.39, 0.29) is 15.2 Å². The highest BCUT2D eigenvalue weighted by molar-refractivity contribution is 7.92. The van der Waals surface area contributed by atoms with Gasteiger partial charge in [-0.25, -0.2) is 13.4 Å². The highest BCUT2D eigenvalue weighted by Crippen LogP contribution is 2.24. The van der Waals surface area contributed by atoms with Crippen LogP contribution in [0.25, 0.3) is 0 Å². The molecule has 0 unspecified atom stereocenters. The summed E-state index contributed by atoms with van der Waals surface area (Å²) in [6.45, 7) is 3.69. The van der Waals surface area contributed by atoms with Crippen molar-refractivity contribution in [2.75, 3.05) is 0 Å². The van der Waals surface area contributed by atoms with Gasteiger partial charge in [-0.1, -0.05) is 37.0 Å². The highest BCUT2D eigenvalue weighted by atomic mass is 35.5. The maximum absolute atomic E-state index is 12.2. The summed E-state index contributed by atoms with van der Waals surface area (Å²) in [7, 11) is -3.36. The van der Waals surface area contributed by atoms with Crippen molar-refractivity contribution in [2.24, 2.45) is 0 Å². The lowest BCUT2D eigenvalue weighted by Gasteiger charge is -2.13. The zero-order valence-electron chi connectivity index (χ0n) is 9.07. The summed E-state index contributed by atoms with van der Waals surface area (Å²) in [6, 6.07) is 2.67. The molecule has 3 nitrogen and oxygen atoms in total. The Labute approximate surface area is 106 Å². The van der Waals surface area contributed by atoms with E-state index in [0.717, 1.165) is 0 Å². The number of hydrogen-bond donors (Lipinski definition) is 0. The Morgan fingerprint density at radius 3 is 2.00 bits per heavy atom. The van der Waals surface area contributed by atoms with Gasteiger partial charge in [0, 0.05) is 0 Å². The molecule has 0 amide bonds. The largest absolute Gasteiger partial charge is 0.224 e. The fourth-order valence-corrected chi connectivity index (χ4v) is 3.93. The van der Waals surface area contributed by atoms with Crippen LogP contribution in [0, 0.1) is 0 Å². The Morgan fingerprint density at radius 1 is 1.19 bits per heavy atom. The number of nitrogens with zero attached hydrogens (tertiary/aromatic N) is 1. The van der Waals surface area contributed by atoms with Crippen molar-refractivity contribution in [1.82, 2.24) is 4.98 Å². The van der Waals surface area contributed by atoms with Crippen LogP contribution in [0.5, 0.6) is 0 Å². The quantitative estimate of drug-likeness (QED) is 0.796. The van der Waals surface area contributed by atoms with Gasteiger partial charge in [0.05, 0.1) is 10.1 Å². The summed E-state index contributed by atoms with van der Waals surface area (Å²) in [5.41, 5.74) is 0. The molecule has 0 bridgehead atoms. The van der Waals surface area contributed by atoms with E-state index in [1.807, 2.05) is 13.8 Å². The van der Waals surface area contributed by atoms with Gasteiger partial charge in [-0.05, 0) is 25.0 Å². The summed E-state index contributed by atoms with van der Waals surface area (Å²) in [6.07, 6.45) is 1.13. The third kappa shape index (κ3) is 2.87. The van der Waals surface area contributed by atoms with E-state index in [0.29, 0.717) is 12.8 Å². The molecule has 0 radical (unpaired) electrons. The molecule has 0 atom stereocenters. The maximum Gasteiger partial charge on any atom is 0.181 e. The molecular formula is C10H13Cl2NO2S. The zero-order valence-corrected chi connectivity index (χ0v) is 11.4. The fraction of sp³-hybridized carbons (Fsp3) is 0.500. The van der Waals surface area contributed by atoms with Crippen molar-refractivity contribution in [3.63, 3.8) is 0 Å². The molecule has 0 saturated carbocycles. The van der Waals surface area contributed by atoms with Crippen molar-refractivity contribution >= 4 is 33.0 Å². The third-order valence-electron chi connectivity index (χ3n) is 2.41. The Hall–Kier alpha value is -0.320. The first-order valence-electron chi connectivity index (χ1n) is 4.98. The standard InChI is InChI=1S/C10H13Cl2NO2S/c1-3-7(4-2)16(14,15)8-5-9(11)13-10(12)6-8/h5-7H,3-4H2,1-2H3. The molecule has 0 aliphatic heterocycles. The minimum absolute atomic E-state index is 0.0945. The Balaban J connectivity index is 3.26. The van der Waals surface area contributed by atoms with Crippen LogP contribution in [0.3, 0.4) is 0 Å². The number of rotatable bonds is 4. The van der Waals surface area contributed by atoms with Gasteiger partial charge in [-0.2, -0.15) is 0 Å². The average molecular weight is 282 g/mol. The Kier molecular flexibility index (Phi) is 4.59. The zero-order chi connectivity index (χ0) is 12.3. The van der Waals surface area contributed by atoms with E-state index in [1.54, 1.807) is 0 Å². The van der Waals surface area contributed by atoms with E-state index in [9.17, 15) is 8.42 Å². The summed E-state index contributed by atoms with van der Waals surface area (Å²) in [5.74, 6) is 0. The fourth-order valence-electron chi connectivity index (χ4n) is 1.53. The lowest BCUT2D eigenvalue weighted by atomic mass is 10.3. The van der Waals surface area contributed by atoms with Crippen LogP contribution >= 0.6 is 23.2 Å². The van der Waals surface area contributed by atoms with Crippen molar-refractivity contribution in [3.05, 3.63) is 22.4 Å². The van der Waals surface area contributed by atoms with E-state index in [1.165, 1.54) is 12.1 Å². The smallest absolute Gasteiger partial charge is 0.181 e. The van der Waals surface area contributed by atoms with Crippen LogP contribution < -0.4 is 0 Å². The SMILES string of the molecule is CCC(CC)S(=O)(=O)c1cc(Cl)nc(Cl)c1. The molecule has 6 heteroatoms. The van der Waals surface area contributed by atoms with Gasteiger partial charge in [-0.3, -0.25) is 0 Å². The van der Waals surface area contributed by atoms with Gasteiger partial charge < -0.3 is 0 Å². The Morgan fingerprint density at radius 2 is 1.62 bits per heavy atom. The first-order valence-corrected chi connectivity index (χ1v) is 7.29. The van der Waals surface area contributed by atoms with E-state index in [2.05, 4.69) is 4.98 Å². The average Bonchev–Trinajstić information content (AvgIpc) is 2.17. The summed E-state index contributed by atoms with van der Waals surface area (Å²) in [4.78, 5) is 3.87. The van der Waals surface area contributed by atoms with Crippen LogP contribution in [0.4, 0.5) is 0 Å². The van der Waals surface area contributed by atoms with Crippen molar-refractivity contribution in [1.29, 1.82) is 0 Å². The second-order valence-electron chi connectivity index (χ2n) is 3.43.